The Morgan fingerprint density at radius 1 is 1.42 bits per heavy atom. The summed E-state index contributed by atoms with van der Waals surface area (Å²) in [5.74, 6) is -0.345. The van der Waals surface area contributed by atoms with Gasteiger partial charge in [0.1, 0.15) is 0 Å². The maximum Gasteiger partial charge on any atom is 0.308 e. The van der Waals surface area contributed by atoms with Crippen LogP contribution < -0.4 is 5.32 Å². The molecule has 0 fully saturated rings. The molecule has 0 aromatic carbocycles. The Hall–Kier alpha value is -0.910. The number of thiophene rings is 1. The fourth-order valence-corrected chi connectivity index (χ4v) is 3.15. The highest BCUT2D eigenvalue weighted by molar-refractivity contribution is 7.12. The molecule has 0 aliphatic carbocycles. The van der Waals surface area contributed by atoms with E-state index in [0.717, 1.165) is 16.2 Å². The molecule has 0 aliphatic rings. The largest absolute Gasteiger partial charge is 0.481 e. The molecule has 0 radical (unpaired) electrons. The highest BCUT2D eigenvalue weighted by atomic mass is 32.1. The van der Waals surface area contributed by atoms with E-state index in [0.29, 0.717) is 19.0 Å². The van der Waals surface area contributed by atoms with Crippen LogP contribution in [0.4, 0.5) is 0 Å². The SMILES string of the molecule is CC(C)CC(C)(O)CNCc1ccc(CC(=O)O)s1. The van der Waals surface area contributed by atoms with Crippen molar-refractivity contribution >= 4 is 17.3 Å². The molecule has 0 amide bonds. The fourth-order valence-electron chi connectivity index (χ4n) is 2.17. The lowest BCUT2D eigenvalue weighted by Crippen LogP contribution is -2.38. The van der Waals surface area contributed by atoms with Crippen LogP contribution in [0.1, 0.15) is 36.9 Å². The fraction of sp³-hybridized carbons (Fsp3) is 0.643. The molecule has 0 bridgehead atoms. The summed E-state index contributed by atoms with van der Waals surface area (Å²) < 4.78 is 0. The van der Waals surface area contributed by atoms with Gasteiger partial charge in [-0.05, 0) is 31.4 Å². The van der Waals surface area contributed by atoms with Gasteiger partial charge in [0.2, 0.25) is 0 Å². The van der Waals surface area contributed by atoms with Crippen molar-refractivity contribution in [2.24, 2.45) is 5.92 Å². The molecule has 1 atom stereocenters. The number of carbonyl (C=O) groups is 1. The van der Waals surface area contributed by atoms with Crippen LogP contribution in [0.5, 0.6) is 0 Å². The first kappa shape index (κ1) is 16.1. The van der Waals surface area contributed by atoms with Crippen LogP contribution in [0.15, 0.2) is 12.1 Å². The Kier molecular flexibility index (Phi) is 5.97. The van der Waals surface area contributed by atoms with Gasteiger partial charge in [-0.25, -0.2) is 0 Å². The molecular formula is C14H23NO3S. The predicted octanol–water partition coefficient (Wildman–Crippen LogP) is 2.26. The van der Waals surface area contributed by atoms with Crippen LogP contribution in [0.25, 0.3) is 0 Å². The lowest BCUT2D eigenvalue weighted by Gasteiger charge is -2.25. The van der Waals surface area contributed by atoms with Gasteiger partial charge in [-0.1, -0.05) is 13.8 Å². The number of aliphatic hydroxyl groups is 1. The molecule has 4 nitrogen and oxygen atoms in total. The van der Waals surface area contributed by atoms with Crippen molar-refractivity contribution in [3.63, 3.8) is 0 Å². The van der Waals surface area contributed by atoms with E-state index in [1.807, 2.05) is 19.1 Å². The van der Waals surface area contributed by atoms with Crippen LogP contribution in [0.2, 0.25) is 0 Å². The Morgan fingerprint density at radius 3 is 2.63 bits per heavy atom. The van der Waals surface area contributed by atoms with Crippen LogP contribution in [0, 0.1) is 5.92 Å². The normalized spacial score (nSPS) is 14.6. The molecule has 0 saturated carbocycles. The third kappa shape index (κ3) is 6.71. The first-order valence-corrected chi connectivity index (χ1v) is 7.32. The molecule has 0 spiro atoms. The summed E-state index contributed by atoms with van der Waals surface area (Å²) in [5.41, 5.74) is -0.699. The molecule has 1 heterocycles. The van der Waals surface area contributed by atoms with Crippen LogP contribution >= 0.6 is 11.3 Å². The molecule has 1 rings (SSSR count). The summed E-state index contributed by atoms with van der Waals surface area (Å²) in [5, 5.41) is 22.1. The van der Waals surface area contributed by atoms with Gasteiger partial charge in [-0.2, -0.15) is 0 Å². The second kappa shape index (κ2) is 7.03. The van der Waals surface area contributed by atoms with Gasteiger partial charge in [0.25, 0.3) is 0 Å². The third-order valence-corrected chi connectivity index (χ3v) is 3.78. The van der Waals surface area contributed by atoms with Crippen molar-refractivity contribution in [2.45, 2.75) is 45.8 Å². The molecule has 19 heavy (non-hydrogen) atoms. The zero-order valence-corrected chi connectivity index (χ0v) is 12.6. The summed E-state index contributed by atoms with van der Waals surface area (Å²) in [7, 11) is 0. The molecule has 1 aromatic heterocycles. The summed E-state index contributed by atoms with van der Waals surface area (Å²) in [6.45, 7) is 7.22. The van der Waals surface area contributed by atoms with Crippen LogP contribution in [-0.4, -0.2) is 28.3 Å². The van der Waals surface area contributed by atoms with Crippen molar-refractivity contribution in [1.29, 1.82) is 0 Å². The summed E-state index contributed by atoms with van der Waals surface area (Å²) in [6, 6.07) is 3.79. The third-order valence-electron chi connectivity index (χ3n) is 2.70. The summed E-state index contributed by atoms with van der Waals surface area (Å²) in [6.07, 6.45) is 0.838. The zero-order valence-electron chi connectivity index (χ0n) is 11.8. The average molecular weight is 285 g/mol. The number of rotatable bonds is 8. The van der Waals surface area contributed by atoms with E-state index in [9.17, 15) is 9.90 Å². The molecule has 1 unspecified atom stereocenters. The molecule has 0 aliphatic heterocycles. The van der Waals surface area contributed by atoms with E-state index < -0.39 is 11.6 Å². The quantitative estimate of drug-likeness (QED) is 0.685. The van der Waals surface area contributed by atoms with Crippen LogP contribution in [0.3, 0.4) is 0 Å². The molecule has 5 heteroatoms. The molecule has 3 N–H and O–H groups in total. The number of hydrogen-bond acceptors (Lipinski definition) is 4. The van der Waals surface area contributed by atoms with Gasteiger partial charge < -0.3 is 15.5 Å². The Balaban J connectivity index is 2.36. The van der Waals surface area contributed by atoms with Gasteiger partial charge in [0.15, 0.2) is 0 Å². The second-order valence-electron chi connectivity index (χ2n) is 5.64. The Labute approximate surface area is 118 Å². The van der Waals surface area contributed by atoms with Gasteiger partial charge in [0, 0.05) is 22.8 Å². The molecule has 1 aromatic rings. The van der Waals surface area contributed by atoms with Crippen molar-refractivity contribution in [2.75, 3.05) is 6.54 Å². The Bertz CT molecular complexity index is 413. The number of nitrogens with one attached hydrogen (secondary N) is 1. The first-order chi connectivity index (χ1) is 8.78. The average Bonchev–Trinajstić information content (AvgIpc) is 2.62. The lowest BCUT2D eigenvalue weighted by molar-refractivity contribution is -0.136. The van der Waals surface area contributed by atoms with E-state index in [1.165, 1.54) is 11.3 Å². The minimum absolute atomic E-state index is 0.0791. The van der Waals surface area contributed by atoms with Gasteiger partial charge in [0.05, 0.1) is 12.0 Å². The van der Waals surface area contributed by atoms with Crippen molar-refractivity contribution in [1.82, 2.24) is 5.32 Å². The number of carboxylic acid groups (broad SMARTS) is 1. The number of hydrogen-bond donors (Lipinski definition) is 3. The Morgan fingerprint density at radius 2 is 2.05 bits per heavy atom. The van der Waals surface area contributed by atoms with E-state index in [1.54, 1.807) is 0 Å². The minimum atomic E-state index is -0.804. The molecule has 108 valence electrons. The van der Waals surface area contributed by atoms with Crippen LogP contribution in [-0.2, 0) is 17.8 Å². The molecular weight excluding hydrogens is 262 g/mol. The smallest absolute Gasteiger partial charge is 0.308 e. The minimum Gasteiger partial charge on any atom is -0.481 e. The van der Waals surface area contributed by atoms with Crippen molar-refractivity contribution in [3.8, 4) is 0 Å². The summed E-state index contributed by atoms with van der Waals surface area (Å²) in [4.78, 5) is 12.5. The highest BCUT2D eigenvalue weighted by Gasteiger charge is 2.21. The van der Waals surface area contributed by atoms with Gasteiger partial charge in [-0.15, -0.1) is 11.3 Å². The standard InChI is InChI=1S/C14H23NO3S/c1-10(2)7-14(3,18)9-15-8-12-5-4-11(19-12)6-13(16)17/h4-5,10,15,18H,6-9H2,1-3H3,(H,16,17). The lowest BCUT2D eigenvalue weighted by atomic mass is 9.94. The predicted molar refractivity (Wildman–Crippen MR) is 77.4 cm³/mol. The van der Waals surface area contributed by atoms with Crippen molar-refractivity contribution in [3.05, 3.63) is 21.9 Å². The summed E-state index contributed by atoms with van der Waals surface area (Å²) >= 11 is 1.50. The number of aliphatic carboxylic acids is 1. The second-order valence-corrected chi connectivity index (χ2v) is 6.89. The van der Waals surface area contributed by atoms with Gasteiger partial charge >= 0.3 is 5.97 Å². The van der Waals surface area contributed by atoms with E-state index in [-0.39, 0.29) is 6.42 Å². The monoisotopic (exact) mass is 285 g/mol. The van der Waals surface area contributed by atoms with E-state index in [4.69, 9.17) is 5.11 Å². The van der Waals surface area contributed by atoms with E-state index in [2.05, 4.69) is 19.2 Å². The maximum absolute atomic E-state index is 10.6. The maximum atomic E-state index is 10.6. The van der Waals surface area contributed by atoms with Gasteiger partial charge in [-0.3, -0.25) is 4.79 Å². The number of carboxylic acids is 1. The van der Waals surface area contributed by atoms with Crippen molar-refractivity contribution < 1.29 is 15.0 Å². The topological polar surface area (TPSA) is 69.6 Å². The zero-order chi connectivity index (χ0) is 14.5. The highest BCUT2D eigenvalue weighted by Crippen LogP contribution is 2.18. The first-order valence-electron chi connectivity index (χ1n) is 6.51. The molecule has 0 saturated heterocycles. The van der Waals surface area contributed by atoms with E-state index >= 15 is 0 Å².